The maximum atomic E-state index is 5.02. The van der Waals surface area contributed by atoms with E-state index in [9.17, 15) is 0 Å². The van der Waals surface area contributed by atoms with Crippen LogP contribution in [-0.4, -0.2) is 35.3 Å². The standard InChI is InChI=1S/C45H27N7S/c1-3-11-28(12-4-1)29-21-23-31(24-22-29)43-47-42(30-13-5-2-6-14-30)48-44(49-43)36-19-10-17-33(26-36)32-16-9-18-35(25-32)39-41-40(51-52-50-39)37-27-34-15-7-8-20-38(34)46-45(37)53-41/h1-27H. The van der Waals surface area contributed by atoms with Gasteiger partial charge in [0.2, 0.25) is 0 Å². The number of aromatic nitrogens is 7. The first-order valence-electron chi connectivity index (χ1n) is 17.2. The predicted molar refractivity (Wildman–Crippen MR) is 214 cm³/mol. The molecule has 0 aliphatic rings. The van der Waals surface area contributed by atoms with Gasteiger partial charge in [-0.25, -0.2) is 19.9 Å². The number of hydrogen-bond donors (Lipinski definition) is 0. The third-order valence-corrected chi connectivity index (χ3v) is 10.5. The van der Waals surface area contributed by atoms with E-state index >= 15 is 0 Å². The third-order valence-electron chi connectivity index (χ3n) is 9.37. The summed E-state index contributed by atoms with van der Waals surface area (Å²) < 4.78 is 0.965. The van der Waals surface area contributed by atoms with E-state index in [-0.39, 0.29) is 0 Å². The number of nitrogens with zero attached hydrogens (tertiary/aromatic N) is 7. The molecule has 53 heavy (non-hydrogen) atoms. The van der Waals surface area contributed by atoms with Crippen LogP contribution in [0.25, 0.3) is 99.0 Å². The number of pyridine rings is 1. The van der Waals surface area contributed by atoms with E-state index < -0.39 is 0 Å². The Labute approximate surface area is 308 Å². The Balaban J connectivity index is 1.04. The minimum absolute atomic E-state index is 0.603. The Kier molecular flexibility index (Phi) is 7.51. The average molecular weight is 698 g/mol. The van der Waals surface area contributed by atoms with Gasteiger partial charge in [0.1, 0.15) is 16.0 Å². The number of thiophene rings is 1. The minimum Gasteiger partial charge on any atom is -0.237 e. The maximum absolute atomic E-state index is 5.02. The molecule has 0 saturated heterocycles. The van der Waals surface area contributed by atoms with Gasteiger partial charge in [0, 0.05) is 33.0 Å². The number of hydrogen-bond acceptors (Lipinski definition) is 8. The van der Waals surface area contributed by atoms with Crippen molar-refractivity contribution in [2.45, 2.75) is 0 Å². The Hall–Kier alpha value is -7.03. The summed E-state index contributed by atoms with van der Waals surface area (Å²) in [6.07, 6.45) is 0. The second kappa shape index (κ2) is 12.9. The van der Waals surface area contributed by atoms with Crippen molar-refractivity contribution in [3.05, 3.63) is 164 Å². The van der Waals surface area contributed by atoms with Crippen LogP contribution >= 0.6 is 11.3 Å². The van der Waals surface area contributed by atoms with Crippen molar-refractivity contribution in [3.63, 3.8) is 0 Å². The number of fused-ring (bicyclic) bond motifs is 4. The zero-order chi connectivity index (χ0) is 35.1. The molecule has 0 aliphatic carbocycles. The molecule has 0 unspecified atom stereocenters. The topological polar surface area (TPSA) is 90.2 Å². The number of benzene rings is 6. The second-order valence-corrected chi connectivity index (χ2v) is 13.7. The van der Waals surface area contributed by atoms with E-state index in [0.29, 0.717) is 17.5 Å². The van der Waals surface area contributed by atoms with Gasteiger partial charge in [0.05, 0.1) is 10.2 Å². The molecule has 4 heterocycles. The lowest BCUT2D eigenvalue weighted by atomic mass is 9.99. The SMILES string of the molecule is c1ccc(-c2ccc(-c3nc(-c4ccccc4)nc(-c4cccc(-c5cccc(-c6nnnc7c6sc6nc8ccccc8cc67)c5)c4)n3)cc2)cc1. The fourth-order valence-corrected chi connectivity index (χ4v) is 7.80. The van der Waals surface area contributed by atoms with Crippen molar-refractivity contribution < 1.29 is 0 Å². The zero-order valence-corrected chi connectivity index (χ0v) is 28.9. The molecule has 0 radical (unpaired) electrons. The van der Waals surface area contributed by atoms with E-state index in [2.05, 4.69) is 112 Å². The molecule has 0 bridgehead atoms. The highest BCUT2D eigenvalue weighted by Crippen LogP contribution is 2.39. The predicted octanol–water partition coefficient (Wildman–Crippen LogP) is 11.0. The van der Waals surface area contributed by atoms with E-state index in [1.54, 1.807) is 11.3 Å². The summed E-state index contributed by atoms with van der Waals surface area (Å²) in [5.74, 6) is 1.84. The summed E-state index contributed by atoms with van der Waals surface area (Å²) >= 11 is 1.60. The fraction of sp³-hybridized carbons (Fsp3) is 0. The van der Waals surface area contributed by atoms with E-state index in [1.807, 2.05) is 66.7 Å². The van der Waals surface area contributed by atoms with Gasteiger partial charge in [-0.15, -0.1) is 21.5 Å². The minimum atomic E-state index is 0.603. The molecular formula is C45H27N7S. The van der Waals surface area contributed by atoms with Crippen LogP contribution in [0.5, 0.6) is 0 Å². The van der Waals surface area contributed by atoms with E-state index in [4.69, 9.17) is 19.9 Å². The Bertz CT molecular complexity index is 2950. The monoisotopic (exact) mass is 697 g/mol. The molecule has 10 aromatic rings. The zero-order valence-electron chi connectivity index (χ0n) is 28.1. The highest BCUT2D eigenvalue weighted by Gasteiger charge is 2.17. The van der Waals surface area contributed by atoms with Crippen LogP contribution in [0, 0.1) is 0 Å². The molecule has 0 amide bonds. The van der Waals surface area contributed by atoms with Gasteiger partial charge < -0.3 is 0 Å². The molecule has 0 fully saturated rings. The van der Waals surface area contributed by atoms with Crippen molar-refractivity contribution in [2.24, 2.45) is 0 Å². The Morgan fingerprint density at radius 3 is 1.64 bits per heavy atom. The van der Waals surface area contributed by atoms with Crippen molar-refractivity contribution in [3.8, 4) is 67.7 Å². The van der Waals surface area contributed by atoms with Crippen molar-refractivity contribution in [2.75, 3.05) is 0 Å². The first kappa shape index (κ1) is 30.8. The largest absolute Gasteiger partial charge is 0.237 e. The van der Waals surface area contributed by atoms with Gasteiger partial charge in [0.25, 0.3) is 0 Å². The fourth-order valence-electron chi connectivity index (χ4n) is 6.70. The summed E-state index contributed by atoms with van der Waals surface area (Å²) in [6, 6.07) is 55.8. The molecule has 248 valence electrons. The lowest BCUT2D eigenvalue weighted by molar-refractivity contribution is 0.904. The number of rotatable bonds is 6. The molecule has 0 aliphatic heterocycles. The molecule has 6 aromatic carbocycles. The van der Waals surface area contributed by atoms with Gasteiger partial charge in [-0.1, -0.05) is 140 Å². The quantitative estimate of drug-likeness (QED) is 0.171. The van der Waals surface area contributed by atoms with Crippen LogP contribution in [0.2, 0.25) is 0 Å². The first-order valence-corrected chi connectivity index (χ1v) is 18.1. The molecule has 0 spiro atoms. The molecule has 0 saturated carbocycles. The van der Waals surface area contributed by atoms with Gasteiger partial charge >= 0.3 is 0 Å². The van der Waals surface area contributed by atoms with Crippen LogP contribution < -0.4 is 0 Å². The summed E-state index contributed by atoms with van der Waals surface area (Å²) in [5, 5.41) is 15.2. The summed E-state index contributed by atoms with van der Waals surface area (Å²) in [7, 11) is 0. The molecule has 10 rings (SSSR count). The van der Waals surface area contributed by atoms with Crippen LogP contribution in [0.15, 0.2) is 164 Å². The summed E-state index contributed by atoms with van der Waals surface area (Å²) in [4.78, 5) is 20.8. The Morgan fingerprint density at radius 2 is 0.906 bits per heavy atom. The third kappa shape index (κ3) is 5.77. The number of para-hydroxylation sites is 1. The lowest BCUT2D eigenvalue weighted by Gasteiger charge is -2.11. The highest BCUT2D eigenvalue weighted by molar-refractivity contribution is 7.25. The normalized spacial score (nSPS) is 11.4. The van der Waals surface area contributed by atoms with Gasteiger partial charge in [-0.2, -0.15) is 0 Å². The molecule has 8 heteroatoms. The smallest absolute Gasteiger partial charge is 0.164 e. The molecule has 7 nitrogen and oxygen atoms in total. The average Bonchev–Trinajstić information content (AvgIpc) is 3.61. The molecule has 0 N–H and O–H groups in total. The molecular weight excluding hydrogens is 671 g/mol. The van der Waals surface area contributed by atoms with Crippen molar-refractivity contribution in [1.82, 2.24) is 35.3 Å². The second-order valence-electron chi connectivity index (χ2n) is 12.7. The molecule has 0 atom stereocenters. The van der Waals surface area contributed by atoms with Crippen LogP contribution in [0.3, 0.4) is 0 Å². The molecule has 4 aromatic heterocycles. The van der Waals surface area contributed by atoms with Crippen LogP contribution in [-0.2, 0) is 0 Å². The van der Waals surface area contributed by atoms with Gasteiger partial charge in [0.15, 0.2) is 17.5 Å². The Morgan fingerprint density at radius 1 is 0.377 bits per heavy atom. The van der Waals surface area contributed by atoms with Gasteiger partial charge in [-0.3, -0.25) is 0 Å². The van der Waals surface area contributed by atoms with Crippen LogP contribution in [0.1, 0.15) is 0 Å². The lowest BCUT2D eigenvalue weighted by Crippen LogP contribution is -2.00. The van der Waals surface area contributed by atoms with E-state index in [1.165, 1.54) is 0 Å². The highest BCUT2D eigenvalue weighted by atomic mass is 32.1. The van der Waals surface area contributed by atoms with E-state index in [0.717, 1.165) is 81.5 Å². The van der Waals surface area contributed by atoms with Crippen molar-refractivity contribution in [1.29, 1.82) is 0 Å². The van der Waals surface area contributed by atoms with Crippen molar-refractivity contribution >= 4 is 42.7 Å². The summed E-state index contributed by atoms with van der Waals surface area (Å²) in [5.41, 5.74) is 10.6. The van der Waals surface area contributed by atoms with Gasteiger partial charge in [-0.05, 0) is 51.7 Å². The first-order chi connectivity index (χ1) is 26.2. The summed E-state index contributed by atoms with van der Waals surface area (Å²) in [6.45, 7) is 0. The van der Waals surface area contributed by atoms with Crippen LogP contribution in [0.4, 0.5) is 0 Å². The maximum Gasteiger partial charge on any atom is 0.164 e.